The molecule has 0 aromatic rings. The van der Waals surface area contributed by atoms with Gasteiger partial charge in [0.25, 0.3) is 10.0 Å². The molecule has 0 spiro atoms. The maximum atomic E-state index is 11.0. The van der Waals surface area contributed by atoms with E-state index in [-0.39, 0.29) is 5.78 Å². The Bertz CT molecular complexity index is 442. The summed E-state index contributed by atoms with van der Waals surface area (Å²) in [5.74, 6) is -0.132. The summed E-state index contributed by atoms with van der Waals surface area (Å²) in [6, 6.07) is 0. The zero-order valence-corrected chi connectivity index (χ0v) is 9.05. The van der Waals surface area contributed by atoms with Crippen LogP contribution in [-0.2, 0) is 14.8 Å². The zero-order valence-electron chi connectivity index (χ0n) is 8.23. The van der Waals surface area contributed by atoms with E-state index in [1.165, 1.54) is 12.2 Å². The highest BCUT2D eigenvalue weighted by Gasteiger charge is 2.15. The fraction of sp³-hybridized carbons (Fsp3) is 0.333. The quantitative estimate of drug-likeness (QED) is 0.607. The second-order valence-electron chi connectivity index (χ2n) is 3.23. The second kappa shape index (κ2) is 3.49. The minimum atomic E-state index is -3.41. The molecule has 1 aliphatic carbocycles. The lowest BCUT2D eigenvalue weighted by atomic mass is 9.98. The maximum Gasteiger partial charge on any atom is 0.250 e. The molecule has 0 aliphatic heterocycles. The molecular formula is C9H11NO3S. The van der Waals surface area contributed by atoms with E-state index in [1.54, 1.807) is 13.8 Å². The Morgan fingerprint density at radius 2 is 1.57 bits per heavy atom. The predicted octanol–water partition coefficient (Wildman–Crippen LogP) is 0.862. The summed E-state index contributed by atoms with van der Waals surface area (Å²) < 4.78 is 25.5. The van der Waals surface area contributed by atoms with E-state index < -0.39 is 10.0 Å². The SMILES string of the molecule is CC1=CC(=O)C=C(C)C1=NS(C)(=O)=O. The lowest BCUT2D eigenvalue weighted by Crippen LogP contribution is -2.12. The Balaban J connectivity index is 3.26. The highest BCUT2D eigenvalue weighted by Crippen LogP contribution is 2.14. The minimum absolute atomic E-state index is 0.132. The van der Waals surface area contributed by atoms with Crippen molar-refractivity contribution >= 4 is 21.5 Å². The average molecular weight is 213 g/mol. The van der Waals surface area contributed by atoms with Crippen LogP contribution in [0.2, 0.25) is 0 Å². The molecule has 0 atom stereocenters. The number of allylic oxidation sites excluding steroid dienone is 4. The largest absolute Gasteiger partial charge is 0.290 e. The van der Waals surface area contributed by atoms with Gasteiger partial charge in [0.05, 0.1) is 12.0 Å². The highest BCUT2D eigenvalue weighted by atomic mass is 32.2. The van der Waals surface area contributed by atoms with Crippen LogP contribution in [0.5, 0.6) is 0 Å². The van der Waals surface area contributed by atoms with Crippen molar-refractivity contribution in [3.8, 4) is 0 Å². The molecule has 4 nitrogen and oxygen atoms in total. The van der Waals surface area contributed by atoms with Crippen molar-refractivity contribution in [2.45, 2.75) is 13.8 Å². The van der Waals surface area contributed by atoms with E-state index in [0.717, 1.165) is 6.26 Å². The van der Waals surface area contributed by atoms with Crippen molar-refractivity contribution in [1.82, 2.24) is 0 Å². The fourth-order valence-corrected chi connectivity index (χ4v) is 1.85. The van der Waals surface area contributed by atoms with E-state index in [0.29, 0.717) is 16.9 Å². The third-order valence-corrected chi connectivity index (χ3v) is 2.24. The lowest BCUT2D eigenvalue weighted by molar-refractivity contribution is -0.110. The fourth-order valence-electron chi connectivity index (χ4n) is 1.23. The molecule has 5 heteroatoms. The minimum Gasteiger partial charge on any atom is -0.290 e. The molecule has 1 rings (SSSR count). The number of rotatable bonds is 1. The van der Waals surface area contributed by atoms with Crippen LogP contribution in [0, 0.1) is 0 Å². The van der Waals surface area contributed by atoms with E-state index in [4.69, 9.17) is 0 Å². The molecule has 0 aromatic carbocycles. The molecule has 0 amide bonds. The van der Waals surface area contributed by atoms with Crippen LogP contribution >= 0.6 is 0 Å². The first-order valence-corrected chi connectivity index (χ1v) is 5.85. The monoisotopic (exact) mass is 213 g/mol. The summed E-state index contributed by atoms with van der Waals surface area (Å²) in [6.45, 7) is 3.33. The van der Waals surface area contributed by atoms with Crippen LogP contribution in [0.1, 0.15) is 13.8 Å². The van der Waals surface area contributed by atoms with Crippen molar-refractivity contribution in [2.75, 3.05) is 6.26 Å². The van der Waals surface area contributed by atoms with Crippen molar-refractivity contribution in [2.24, 2.45) is 4.40 Å². The number of carbonyl (C=O) groups excluding carboxylic acids is 1. The van der Waals surface area contributed by atoms with Crippen molar-refractivity contribution < 1.29 is 13.2 Å². The van der Waals surface area contributed by atoms with E-state index in [9.17, 15) is 13.2 Å². The van der Waals surface area contributed by atoms with Gasteiger partial charge in [-0.05, 0) is 37.1 Å². The molecule has 0 radical (unpaired) electrons. The number of hydrogen-bond acceptors (Lipinski definition) is 3. The van der Waals surface area contributed by atoms with Crippen molar-refractivity contribution in [3.05, 3.63) is 23.3 Å². The van der Waals surface area contributed by atoms with Crippen LogP contribution in [0.3, 0.4) is 0 Å². The van der Waals surface area contributed by atoms with E-state index in [2.05, 4.69) is 4.40 Å². The van der Waals surface area contributed by atoms with Gasteiger partial charge in [0.1, 0.15) is 0 Å². The molecule has 0 aromatic heterocycles. The van der Waals surface area contributed by atoms with Gasteiger partial charge in [-0.15, -0.1) is 0 Å². The van der Waals surface area contributed by atoms with Gasteiger partial charge in [0, 0.05) is 0 Å². The average Bonchev–Trinajstić information content (AvgIpc) is 1.95. The van der Waals surface area contributed by atoms with Gasteiger partial charge in [-0.3, -0.25) is 4.79 Å². The van der Waals surface area contributed by atoms with E-state index in [1.807, 2.05) is 0 Å². The Morgan fingerprint density at radius 3 is 1.93 bits per heavy atom. The molecule has 0 unspecified atom stereocenters. The summed E-state index contributed by atoms with van der Waals surface area (Å²) in [5, 5.41) is 0. The summed E-state index contributed by atoms with van der Waals surface area (Å²) in [7, 11) is -3.41. The molecule has 14 heavy (non-hydrogen) atoms. The van der Waals surface area contributed by atoms with Gasteiger partial charge in [-0.2, -0.15) is 4.40 Å². The van der Waals surface area contributed by atoms with Crippen LogP contribution < -0.4 is 0 Å². The molecule has 0 fully saturated rings. The molecule has 0 saturated carbocycles. The highest BCUT2D eigenvalue weighted by molar-refractivity contribution is 7.89. The molecule has 0 N–H and O–H groups in total. The zero-order chi connectivity index (χ0) is 10.9. The first kappa shape index (κ1) is 10.8. The second-order valence-corrected chi connectivity index (χ2v) is 4.88. The van der Waals surface area contributed by atoms with Gasteiger partial charge in [-0.25, -0.2) is 8.42 Å². The summed E-state index contributed by atoms with van der Waals surface area (Å²) >= 11 is 0. The summed E-state index contributed by atoms with van der Waals surface area (Å²) in [5.41, 5.74) is 1.54. The summed E-state index contributed by atoms with van der Waals surface area (Å²) in [6.07, 6.45) is 3.77. The Labute approximate surface area is 83.1 Å². The Morgan fingerprint density at radius 1 is 1.14 bits per heavy atom. The van der Waals surface area contributed by atoms with Gasteiger partial charge < -0.3 is 0 Å². The molecule has 0 heterocycles. The third-order valence-electron chi connectivity index (χ3n) is 1.72. The van der Waals surface area contributed by atoms with E-state index >= 15 is 0 Å². The number of carbonyl (C=O) groups is 1. The third kappa shape index (κ3) is 2.63. The number of nitrogens with zero attached hydrogens (tertiary/aromatic N) is 1. The Hall–Kier alpha value is -1.23. The number of sulfonamides is 1. The topological polar surface area (TPSA) is 63.6 Å². The Kier molecular flexibility index (Phi) is 2.71. The predicted molar refractivity (Wildman–Crippen MR) is 54.8 cm³/mol. The maximum absolute atomic E-state index is 11.0. The lowest BCUT2D eigenvalue weighted by Gasteiger charge is -2.10. The molecule has 76 valence electrons. The van der Waals surface area contributed by atoms with Gasteiger partial charge in [0.2, 0.25) is 0 Å². The van der Waals surface area contributed by atoms with Crippen molar-refractivity contribution in [1.29, 1.82) is 0 Å². The standard InChI is InChI=1S/C9H11NO3S/c1-6-4-8(11)5-7(2)9(6)10-14(3,12)13/h4-5H,1-3H3. The normalized spacial score (nSPS) is 17.6. The molecule has 0 saturated heterocycles. The first-order valence-electron chi connectivity index (χ1n) is 4.01. The van der Waals surface area contributed by atoms with Crippen molar-refractivity contribution in [3.63, 3.8) is 0 Å². The number of ketones is 1. The number of hydrogen-bond donors (Lipinski definition) is 0. The van der Waals surface area contributed by atoms with Crippen LogP contribution in [0.4, 0.5) is 0 Å². The summed E-state index contributed by atoms with van der Waals surface area (Å²) in [4.78, 5) is 11.0. The van der Waals surface area contributed by atoms with Gasteiger partial charge >= 0.3 is 0 Å². The molecular weight excluding hydrogens is 202 g/mol. The van der Waals surface area contributed by atoms with Crippen LogP contribution in [0.25, 0.3) is 0 Å². The molecule has 0 bridgehead atoms. The van der Waals surface area contributed by atoms with Gasteiger partial charge in [0.15, 0.2) is 5.78 Å². The van der Waals surface area contributed by atoms with Gasteiger partial charge in [-0.1, -0.05) is 0 Å². The first-order chi connectivity index (χ1) is 6.29. The molecule has 1 aliphatic rings. The smallest absolute Gasteiger partial charge is 0.250 e. The van der Waals surface area contributed by atoms with Crippen LogP contribution in [-0.4, -0.2) is 26.2 Å². The van der Waals surface area contributed by atoms with Crippen LogP contribution in [0.15, 0.2) is 27.7 Å².